The molecule has 0 saturated carbocycles. The molecule has 0 heterocycles. The molecule has 39 heavy (non-hydrogen) atoms. The minimum Gasteiger partial charge on any atom is -0.497 e. The van der Waals surface area contributed by atoms with E-state index in [1.807, 2.05) is 54.6 Å². The Labute approximate surface area is 230 Å². The minimum atomic E-state index is -4.03. The summed E-state index contributed by atoms with van der Waals surface area (Å²) < 4.78 is 40.0. The highest BCUT2D eigenvalue weighted by atomic mass is 32.2. The highest BCUT2D eigenvalue weighted by Crippen LogP contribution is 2.30. The van der Waals surface area contributed by atoms with Gasteiger partial charge in [-0.2, -0.15) is 0 Å². The van der Waals surface area contributed by atoms with Gasteiger partial charge in [-0.15, -0.1) is 0 Å². The van der Waals surface area contributed by atoms with Crippen LogP contribution in [0, 0.1) is 0 Å². The second kappa shape index (κ2) is 13.0. The largest absolute Gasteiger partial charge is 0.497 e. The number of nitrogens with one attached hydrogen (secondary N) is 1. The molecule has 202 valence electrons. The Hall–Kier alpha value is -4.30. The van der Waals surface area contributed by atoms with Crippen molar-refractivity contribution < 1.29 is 22.7 Å². The summed E-state index contributed by atoms with van der Waals surface area (Å²) in [6.07, 6.45) is 0.950. The number of ether oxygens (including phenoxy) is 2. The molecule has 7 nitrogen and oxygen atoms in total. The van der Waals surface area contributed by atoms with Crippen LogP contribution in [0.5, 0.6) is 11.5 Å². The number of carbonyl (C=O) groups is 1. The van der Waals surface area contributed by atoms with Crippen LogP contribution in [0.1, 0.15) is 28.4 Å². The highest BCUT2D eigenvalue weighted by Gasteiger charge is 2.28. The average Bonchev–Trinajstić information content (AvgIpc) is 2.98. The second-order valence-electron chi connectivity index (χ2n) is 8.79. The fourth-order valence-electron chi connectivity index (χ4n) is 4.06. The highest BCUT2D eigenvalue weighted by molar-refractivity contribution is 7.92. The van der Waals surface area contributed by atoms with Gasteiger partial charge in [0.2, 0.25) is 0 Å². The van der Waals surface area contributed by atoms with Gasteiger partial charge in [0, 0.05) is 0 Å². The van der Waals surface area contributed by atoms with Crippen LogP contribution in [-0.4, -0.2) is 34.6 Å². The van der Waals surface area contributed by atoms with E-state index < -0.39 is 15.9 Å². The molecule has 0 aliphatic carbocycles. The number of benzene rings is 4. The van der Waals surface area contributed by atoms with Crippen LogP contribution in [0.3, 0.4) is 0 Å². The van der Waals surface area contributed by atoms with Crippen molar-refractivity contribution in [2.24, 2.45) is 0 Å². The zero-order valence-corrected chi connectivity index (χ0v) is 22.9. The summed E-state index contributed by atoms with van der Waals surface area (Å²) >= 11 is 0. The molecule has 0 aromatic heterocycles. The topological polar surface area (TPSA) is 84.9 Å². The molecule has 4 aromatic rings. The Morgan fingerprint density at radius 3 is 2.10 bits per heavy atom. The molecule has 0 bridgehead atoms. The first kappa shape index (κ1) is 27.7. The molecule has 1 amide bonds. The van der Waals surface area contributed by atoms with E-state index in [0.717, 1.165) is 17.7 Å². The molecule has 4 rings (SSSR count). The van der Waals surface area contributed by atoms with E-state index in [1.165, 1.54) is 29.1 Å². The van der Waals surface area contributed by atoms with Gasteiger partial charge in [-0.05, 0) is 66.1 Å². The molecule has 0 unspecified atom stereocenters. The SMILES string of the molecule is CCc1ccc(OCCNC(=O)c2ccccc2N(Cc2ccccc2)S(=O)(=O)c2ccc(OC)cc2)cc1. The summed E-state index contributed by atoms with van der Waals surface area (Å²) in [5.74, 6) is 0.881. The van der Waals surface area contributed by atoms with Gasteiger partial charge < -0.3 is 14.8 Å². The summed E-state index contributed by atoms with van der Waals surface area (Å²) in [5.41, 5.74) is 2.53. The number of rotatable bonds is 12. The van der Waals surface area contributed by atoms with E-state index >= 15 is 0 Å². The lowest BCUT2D eigenvalue weighted by molar-refractivity contribution is 0.0947. The van der Waals surface area contributed by atoms with Crippen molar-refractivity contribution in [1.29, 1.82) is 0 Å². The lowest BCUT2D eigenvalue weighted by Gasteiger charge is -2.26. The summed E-state index contributed by atoms with van der Waals surface area (Å²) in [6, 6.07) is 30.0. The predicted molar refractivity (Wildman–Crippen MR) is 153 cm³/mol. The normalized spacial score (nSPS) is 11.0. The van der Waals surface area contributed by atoms with Crippen LogP contribution in [0.4, 0.5) is 5.69 Å². The van der Waals surface area contributed by atoms with Gasteiger partial charge in [0.25, 0.3) is 15.9 Å². The van der Waals surface area contributed by atoms with Crippen molar-refractivity contribution >= 4 is 21.6 Å². The van der Waals surface area contributed by atoms with Crippen molar-refractivity contribution in [2.45, 2.75) is 24.8 Å². The molecule has 0 saturated heterocycles. The zero-order valence-electron chi connectivity index (χ0n) is 22.0. The Morgan fingerprint density at radius 2 is 1.44 bits per heavy atom. The number of hydrogen-bond donors (Lipinski definition) is 1. The van der Waals surface area contributed by atoms with Crippen LogP contribution in [0.2, 0.25) is 0 Å². The van der Waals surface area contributed by atoms with Crippen molar-refractivity contribution in [3.63, 3.8) is 0 Å². The number of anilines is 1. The number of carbonyl (C=O) groups excluding carboxylic acids is 1. The third-order valence-electron chi connectivity index (χ3n) is 6.22. The molecule has 0 radical (unpaired) electrons. The summed E-state index contributed by atoms with van der Waals surface area (Å²) in [6.45, 7) is 2.67. The van der Waals surface area contributed by atoms with E-state index in [0.29, 0.717) is 5.75 Å². The summed E-state index contributed by atoms with van der Waals surface area (Å²) in [5, 5.41) is 2.86. The summed E-state index contributed by atoms with van der Waals surface area (Å²) in [7, 11) is -2.51. The molecule has 0 fully saturated rings. The van der Waals surface area contributed by atoms with Crippen molar-refractivity contribution in [3.8, 4) is 11.5 Å². The van der Waals surface area contributed by atoms with Gasteiger partial charge in [-0.25, -0.2) is 8.42 Å². The van der Waals surface area contributed by atoms with E-state index in [1.54, 1.807) is 36.4 Å². The Balaban J connectivity index is 1.57. The molecule has 0 aliphatic rings. The monoisotopic (exact) mass is 544 g/mol. The van der Waals surface area contributed by atoms with Crippen molar-refractivity contribution in [2.75, 3.05) is 24.6 Å². The average molecular weight is 545 g/mol. The zero-order chi connectivity index (χ0) is 27.7. The first-order valence-electron chi connectivity index (χ1n) is 12.7. The van der Waals surface area contributed by atoms with Gasteiger partial charge in [0.1, 0.15) is 18.1 Å². The molecule has 0 aliphatic heterocycles. The summed E-state index contributed by atoms with van der Waals surface area (Å²) in [4.78, 5) is 13.4. The first-order chi connectivity index (χ1) is 18.9. The molecule has 0 spiro atoms. The molecule has 4 aromatic carbocycles. The fraction of sp³-hybridized carbons (Fsp3) is 0.194. The van der Waals surface area contributed by atoms with E-state index in [-0.39, 0.29) is 35.8 Å². The molecular formula is C31H32N2O5S. The van der Waals surface area contributed by atoms with Crippen molar-refractivity contribution in [1.82, 2.24) is 5.32 Å². The van der Waals surface area contributed by atoms with Gasteiger partial charge in [-0.1, -0.05) is 61.5 Å². The van der Waals surface area contributed by atoms with Crippen molar-refractivity contribution in [3.05, 3.63) is 120 Å². The lowest BCUT2D eigenvalue weighted by atomic mass is 10.1. The Kier molecular flexibility index (Phi) is 9.22. The third-order valence-corrected chi connectivity index (χ3v) is 8.00. The van der Waals surface area contributed by atoms with Gasteiger partial charge in [-0.3, -0.25) is 9.10 Å². The lowest BCUT2D eigenvalue weighted by Crippen LogP contribution is -2.34. The van der Waals surface area contributed by atoms with E-state index in [4.69, 9.17) is 9.47 Å². The van der Waals surface area contributed by atoms with Crippen LogP contribution in [0.15, 0.2) is 108 Å². The Bertz CT molecular complexity index is 1470. The number of sulfonamides is 1. The predicted octanol–water partition coefficient (Wildman–Crippen LogP) is 5.46. The quantitative estimate of drug-likeness (QED) is 0.239. The molecule has 1 N–H and O–H groups in total. The second-order valence-corrected chi connectivity index (χ2v) is 10.7. The number of nitrogens with zero attached hydrogens (tertiary/aromatic N) is 1. The number of aryl methyl sites for hydroxylation is 1. The van der Waals surface area contributed by atoms with Gasteiger partial charge in [0.05, 0.1) is 36.3 Å². The van der Waals surface area contributed by atoms with Crippen LogP contribution in [-0.2, 0) is 23.0 Å². The standard InChI is InChI=1S/C31H32N2O5S/c1-3-24-13-15-27(16-14-24)38-22-21-32-31(34)29-11-7-8-12-30(29)33(23-25-9-5-4-6-10-25)39(35,36)28-19-17-26(37-2)18-20-28/h4-20H,3,21-23H2,1-2H3,(H,32,34). The number of para-hydroxylation sites is 1. The molecule has 8 heteroatoms. The number of hydrogen-bond acceptors (Lipinski definition) is 5. The van der Waals surface area contributed by atoms with E-state index in [9.17, 15) is 13.2 Å². The van der Waals surface area contributed by atoms with Crippen LogP contribution < -0.4 is 19.1 Å². The molecule has 0 atom stereocenters. The smallest absolute Gasteiger partial charge is 0.264 e. The van der Waals surface area contributed by atoms with Crippen LogP contribution >= 0.6 is 0 Å². The first-order valence-corrected chi connectivity index (χ1v) is 14.2. The fourth-order valence-corrected chi connectivity index (χ4v) is 5.53. The number of amides is 1. The maximum atomic E-state index is 13.9. The maximum Gasteiger partial charge on any atom is 0.264 e. The molecular weight excluding hydrogens is 512 g/mol. The minimum absolute atomic E-state index is 0.0519. The van der Waals surface area contributed by atoms with E-state index in [2.05, 4.69) is 12.2 Å². The third kappa shape index (κ3) is 6.97. The maximum absolute atomic E-state index is 13.9. The number of methoxy groups -OCH3 is 1. The van der Waals surface area contributed by atoms with Gasteiger partial charge >= 0.3 is 0 Å². The Morgan fingerprint density at radius 1 is 0.795 bits per heavy atom. The van der Waals surface area contributed by atoms with Gasteiger partial charge in [0.15, 0.2) is 0 Å². The van der Waals surface area contributed by atoms with Crippen LogP contribution in [0.25, 0.3) is 0 Å².